The van der Waals surface area contributed by atoms with Gasteiger partial charge in [-0.25, -0.2) is 0 Å². The van der Waals surface area contributed by atoms with Crippen LogP contribution in [0.15, 0.2) is 121 Å². The van der Waals surface area contributed by atoms with Crippen molar-refractivity contribution in [3.63, 3.8) is 0 Å². The van der Waals surface area contributed by atoms with Crippen LogP contribution in [0.4, 0.5) is 0 Å². The minimum atomic E-state index is -0.701. The van der Waals surface area contributed by atoms with Crippen molar-refractivity contribution in [1.29, 1.82) is 0 Å². The zero-order valence-electron chi connectivity index (χ0n) is 18.4. The van der Waals surface area contributed by atoms with E-state index in [1.807, 2.05) is 0 Å². The predicted molar refractivity (Wildman–Crippen MR) is 141 cm³/mol. The fourth-order valence-electron chi connectivity index (χ4n) is 4.30. The smallest absolute Gasteiger partial charge is 0.0609 e. The van der Waals surface area contributed by atoms with Gasteiger partial charge in [-0.15, -0.1) is 0 Å². The maximum atomic E-state index is 2.43. The lowest BCUT2D eigenvalue weighted by atomic mass is 9.99. The van der Waals surface area contributed by atoms with Gasteiger partial charge in [0.1, 0.15) is 0 Å². The maximum Gasteiger partial charge on any atom is 0.0609 e. The van der Waals surface area contributed by atoms with Gasteiger partial charge in [-0.05, 0) is 47.5 Å². The van der Waals surface area contributed by atoms with Gasteiger partial charge < -0.3 is 4.57 Å². The SMILES string of the molecule is C/C=C(\C)c1ccc2ccccc2c1-n1cccc1P(c1ccccc1)c1ccccc1. The van der Waals surface area contributed by atoms with E-state index in [1.54, 1.807) is 0 Å². The molecule has 1 aromatic heterocycles. The molecule has 0 unspecified atom stereocenters. The van der Waals surface area contributed by atoms with Crippen molar-refractivity contribution in [2.75, 3.05) is 0 Å². The van der Waals surface area contributed by atoms with E-state index < -0.39 is 7.92 Å². The Balaban J connectivity index is 1.81. The van der Waals surface area contributed by atoms with Crippen molar-refractivity contribution in [2.45, 2.75) is 13.8 Å². The molecule has 4 aromatic carbocycles. The Bertz CT molecular complexity index is 1340. The molecule has 0 aliphatic rings. The first-order chi connectivity index (χ1) is 15.8. The van der Waals surface area contributed by atoms with Crippen LogP contribution in [-0.4, -0.2) is 4.57 Å². The molecule has 32 heavy (non-hydrogen) atoms. The Morgan fingerprint density at radius 3 is 1.97 bits per heavy atom. The van der Waals surface area contributed by atoms with Crippen LogP contribution in [-0.2, 0) is 0 Å². The predicted octanol–water partition coefficient (Wildman–Crippen LogP) is 6.81. The molecular formula is C30H26NP. The van der Waals surface area contributed by atoms with Crippen molar-refractivity contribution in [1.82, 2.24) is 4.57 Å². The number of hydrogen-bond acceptors (Lipinski definition) is 0. The van der Waals surface area contributed by atoms with Gasteiger partial charge in [0, 0.05) is 25.1 Å². The summed E-state index contributed by atoms with van der Waals surface area (Å²) in [5.74, 6) is 0. The molecule has 156 valence electrons. The van der Waals surface area contributed by atoms with Crippen molar-refractivity contribution in [3.8, 4) is 5.69 Å². The van der Waals surface area contributed by atoms with Crippen LogP contribution < -0.4 is 16.0 Å². The second-order valence-corrected chi connectivity index (χ2v) is 10.1. The maximum absolute atomic E-state index is 2.43. The summed E-state index contributed by atoms with van der Waals surface area (Å²) >= 11 is 0. The highest BCUT2D eigenvalue weighted by atomic mass is 31.1. The average molecular weight is 432 g/mol. The molecule has 0 aliphatic heterocycles. The van der Waals surface area contributed by atoms with Crippen molar-refractivity contribution < 1.29 is 0 Å². The zero-order chi connectivity index (χ0) is 21.9. The van der Waals surface area contributed by atoms with Crippen LogP contribution in [0.2, 0.25) is 0 Å². The first-order valence-corrected chi connectivity index (χ1v) is 12.3. The first kappa shape index (κ1) is 20.5. The number of allylic oxidation sites excluding steroid dienone is 2. The second kappa shape index (κ2) is 8.99. The highest BCUT2D eigenvalue weighted by Gasteiger charge is 2.22. The molecule has 0 saturated carbocycles. The lowest BCUT2D eigenvalue weighted by Crippen LogP contribution is -2.25. The van der Waals surface area contributed by atoms with Gasteiger partial charge in [0.25, 0.3) is 0 Å². The molecule has 5 aromatic rings. The van der Waals surface area contributed by atoms with E-state index in [2.05, 4.69) is 140 Å². The van der Waals surface area contributed by atoms with Crippen molar-refractivity contribution in [2.24, 2.45) is 0 Å². The molecule has 0 radical (unpaired) electrons. The lowest BCUT2D eigenvalue weighted by Gasteiger charge is -2.24. The van der Waals surface area contributed by atoms with E-state index in [0.717, 1.165) is 0 Å². The number of hydrogen-bond donors (Lipinski definition) is 0. The first-order valence-electron chi connectivity index (χ1n) is 11.0. The number of benzene rings is 4. The third-order valence-corrected chi connectivity index (χ3v) is 8.44. The summed E-state index contributed by atoms with van der Waals surface area (Å²) in [5.41, 5.74) is 5.16. The van der Waals surface area contributed by atoms with Crippen LogP contribution in [0.3, 0.4) is 0 Å². The standard InChI is InChI=1S/C30H26NP/c1-3-23(2)27-21-20-24-13-10-11-18-28(24)30(27)31-22-12-19-29(31)32(25-14-6-4-7-15-25)26-16-8-5-9-17-26/h3-22H,1-2H3/b23-3+. The topological polar surface area (TPSA) is 4.93 Å². The molecule has 2 heteroatoms. The van der Waals surface area contributed by atoms with Gasteiger partial charge in [-0.1, -0.05) is 103 Å². The Kier molecular flexibility index (Phi) is 5.75. The largest absolute Gasteiger partial charge is 0.315 e. The molecule has 0 saturated heterocycles. The van der Waals surface area contributed by atoms with E-state index in [0.29, 0.717) is 0 Å². The van der Waals surface area contributed by atoms with Crippen LogP contribution >= 0.6 is 7.92 Å². The monoisotopic (exact) mass is 431 g/mol. The molecule has 0 bridgehead atoms. The Labute approximate surface area is 191 Å². The summed E-state index contributed by atoms with van der Waals surface area (Å²) in [6, 6.07) is 39.5. The molecule has 0 aliphatic carbocycles. The van der Waals surface area contributed by atoms with Gasteiger partial charge in [0.05, 0.1) is 11.1 Å². The summed E-state index contributed by atoms with van der Waals surface area (Å²) in [7, 11) is -0.701. The van der Waals surface area contributed by atoms with Gasteiger partial charge in [-0.3, -0.25) is 0 Å². The fourth-order valence-corrected chi connectivity index (χ4v) is 6.68. The Morgan fingerprint density at radius 1 is 0.688 bits per heavy atom. The third kappa shape index (κ3) is 3.70. The summed E-state index contributed by atoms with van der Waals surface area (Å²) in [4.78, 5) is 0. The highest BCUT2D eigenvalue weighted by molar-refractivity contribution is 7.79. The summed E-state index contributed by atoms with van der Waals surface area (Å²) in [5, 5.41) is 5.26. The van der Waals surface area contributed by atoms with Crippen molar-refractivity contribution >= 4 is 40.3 Å². The average Bonchev–Trinajstić information content (AvgIpc) is 3.33. The quantitative estimate of drug-likeness (QED) is 0.269. The van der Waals surface area contributed by atoms with Gasteiger partial charge in [0.15, 0.2) is 0 Å². The van der Waals surface area contributed by atoms with E-state index in [-0.39, 0.29) is 0 Å². The Morgan fingerprint density at radius 2 is 1.31 bits per heavy atom. The lowest BCUT2D eigenvalue weighted by molar-refractivity contribution is 1.12. The van der Waals surface area contributed by atoms with Crippen LogP contribution in [0.1, 0.15) is 19.4 Å². The van der Waals surface area contributed by atoms with E-state index in [4.69, 9.17) is 0 Å². The number of fused-ring (bicyclic) bond motifs is 1. The van der Waals surface area contributed by atoms with E-state index >= 15 is 0 Å². The fraction of sp³-hybridized carbons (Fsp3) is 0.0667. The van der Waals surface area contributed by atoms with Crippen LogP contribution in [0, 0.1) is 0 Å². The number of aromatic nitrogens is 1. The van der Waals surface area contributed by atoms with Crippen LogP contribution in [0.5, 0.6) is 0 Å². The Hall–Kier alpha value is -3.41. The minimum absolute atomic E-state index is 0.701. The third-order valence-electron chi connectivity index (χ3n) is 5.98. The highest BCUT2D eigenvalue weighted by Crippen LogP contribution is 2.37. The summed E-state index contributed by atoms with van der Waals surface area (Å²) < 4.78 is 2.43. The molecule has 0 fully saturated rings. The molecule has 5 rings (SSSR count). The summed E-state index contributed by atoms with van der Waals surface area (Å²) in [6.07, 6.45) is 4.43. The van der Waals surface area contributed by atoms with E-state index in [1.165, 1.54) is 43.6 Å². The molecule has 0 spiro atoms. The van der Waals surface area contributed by atoms with E-state index in [9.17, 15) is 0 Å². The molecular weight excluding hydrogens is 405 g/mol. The van der Waals surface area contributed by atoms with Crippen molar-refractivity contribution in [3.05, 3.63) is 127 Å². The number of nitrogens with zero attached hydrogens (tertiary/aromatic N) is 1. The van der Waals surface area contributed by atoms with Gasteiger partial charge in [-0.2, -0.15) is 0 Å². The molecule has 0 amide bonds. The van der Waals surface area contributed by atoms with Crippen LogP contribution in [0.25, 0.3) is 22.0 Å². The normalized spacial score (nSPS) is 11.9. The number of rotatable bonds is 5. The molecule has 1 heterocycles. The molecule has 0 N–H and O–H groups in total. The molecule has 0 atom stereocenters. The van der Waals surface area contributed by atoms with Gasteiger partial charge in [0.2, 0.25) is 0 Å². The summed E-state index contributed by atoms with van der Waals surface area (Å²) in [6.45, 7) is 4.32. The molecule has 1 nitrogen and oxygen atoms in total. The zero-order valence-corrected chi connectivity index (χ0v) is 19.3. The minimum Gasteiger partial charge on any atom is -0.315 e. The van der Waals surface area contributed by atoms with Gasteiger partial charge >= 0.3 is 0 Å². The second-order valence-electron chi connectivity index (χ2n) is 7.90.